The number of aliphatic hydroxyl groups is 1. The highest BCUT2D eigenvalue weighted by Gasteiger charge is 2.30. The highest BCUT2D eigenvalue weighted by Crippen LogP contribution is 2.24. The highest BCUT2D eigenvalue weighted by molar-refractivity contribution is 5.76. The van der Waals surface area contributed by atoms with Crippen LogP contribution in [0, 0.1) is 5.41 Å². The highest BCUT2D eigenvalue weighted by atomic mass is 16.5. The van der Waals surface area contributed by atoms with Gasteiger partial charge in [-0.05, 0) is 25.5 Å². The van der Waals surface area contributed by atoms with Crippen LogP contribution in [0.25, 0.3) is 0 Å². The van der Waals surface area contributed by atoms with E-state index in [1.165, 1.54) is 0 Å². The maximum atomic E-state index is 11.8. The summed E-state index contributed by atoms with van der Waals surface area (Å²) in [5.41, 5.74) is -0.0275. The van der Waals surface area contributed by atoms with Crippen LogP contribution in [0.4, 0.5) is 0 Å². The first kappa shape index (κ1) is 13.5. The van der Waals surface area contributed by atoms with Gasteiger partial charge in [0.1, 0.15) is 6.10 Å². The van der Waals surface area contributed by atoms with Gasteiger partial charge in [-0.1, -0.05) is 36.9 Å². The Balaban J connectivity index is 2.79. The van der Waals surface area contributed by atoms with Gasteiger partial charge in [0.05, 0.1) is 12.0 Å². The van der Waals surface area contributed by atoms with Crippen LogP contribution in [0.1, 0.15) is 25.5 Å². The zero-order valence-corrected chi connectivity index (χ0v) is 10.2. The fourth-order valence-electron chi connectivity index (χ4n) is 1.23. The molecular formula is C14H18O3. The van der Waals surface area contributed by atoms with E-state index in [4.69, 9.17) is 9.84 Å². The molecule has 17 heavy (non-hydrogen) atoms. The number of carbonyl (C=O) groups excluding carboxylic acids is 1. The second kappa shape index (κ2) is 5.64. The van der Waals surface area contributed by atoms with Gasteiger partial charge < -0.3 is 9.84 Å². The number of ether oxygens (including phenoxy) is 1. The van der Waals surface area contributed by atoms with E-state index in [0.717, 1.165) is 5.56 Å². The van der Waals surface area contributed by atoms with Crippen LogP contribution in [0.15, 0.2) is 43.0 Å². The van der Waals surface area contributed by atoms with Gasteiger partial charge in [0.15, 0.2) is 0 Å². The second-order valence-electron chi connectivity index (χ2n) is 4.51. The minimum absolute atomic E-state index is 0.246. The van der Waals surface area contributed by atoms with E-state index in [2.05, 4.69) is 6.58 Å². The number of carbonyl (C=O) groups is 1. The number of rotatable bonds is 5. The van der Waals surface area contributed by atoms with E-state index in [0.29, 0.717) is 0 Å². The van der Waals surface area contributed by atoms with E-state index in [-0.39, 0.29) is 6.61 Å². The molecule has 1 atom stereocenters. The van der Waals surface area contributed by atoms with Gasteiger partial charge in [-0.25, -0.2) is 0 Å². The van der Waals surface area contributed by atoms with Gasteiger partial charge in [0.2, 0.25) is 0 Å². The molecule has 1 aromatic rings. The Hall–Kier alpha value is -1.61. The molecular weight excluding hydrogens is 216 g/mol. The third-order valence-electron chi connectivity index (χ3n) is 2.52. The molecule has 0 aliphatic carbocycles. The minimum atomic E-state index is -0.893. The summed E-state index contributed by atoms with van der Waals surface area (Å²) in [5.74, 6) is -0.436. The van der Waals surface area contributed by atoms with E-state index in [1.807, 2.05) is 30.3 Å². The van der Waals surface area contributed by atoms with Crippen LogP contribution in [0.2, 0.25) is 0 Å². The number of esters is 1. The molecule has 0 fully saturated rings. The molecule has 0 saturated carbocycles. The van der Waals surface area contributed by atoms with Gasteiger partial charge in [0.25, 0.3) is 0 Å². The molecule has 0 amide bonds. The number of hydrogen-bond donors (Lipinski definition) is 1. The SMILES string of the molecule is C=CC(OC(=O)C(C)(C)CO)c1ccccc1. The normalized spacial score (nSPS) is 12.9. The Labute approximate surface area is 102 Å². The standard InChI is InChI=1S/C14H18O3/c1-4-12(11-8-6-5-7-9-11)17-13(16)14(2,3)10-15/h4-9,12,15H,1,10H2,2-3H3. The van der Waals surface area contributed by atoms with Crippen molar-refractivity contribution in [1.82, 2.24) is 0 Å². The van der Waals surface area contributed by atoms with Crippen molar-refractivity contribution >= 4 is 5.97 Å². The summed E-state index contributed by atoms with van der Waals surface area (Å²) >= 11 is 0. The van der Waals surface area contributed by atoms with Gasteiger partial charge in [-0.2, -0.15) is 0 Å². The quantitative estimate of drug-likeness (QED) is 0.629. The van der Waals surface area contributed by atoms with Crippen LogP contribution < -0.4 is 0 Å². The molecule has 0 aliphatic heterocycles. The average Bonchev–Trinajstić information content (AvgIpc) is 2.36. The van der Waals surface area contributed by atoms with E-state index < -0.39 is 17.5 Å². The summed E-state index contributed by atoms with van der Waals surface area (Å²) in [4.78, 5) is 11.8. The molecule has 0 aliphatic rings. The van der Waals surface area contributed by atoms with Crippen molar-refractivity contribution in [2.75, 3.05) is 6.61 Å². The van der Waals surface area contributed by atoms with Crippen LogP contribution in [0.5, 0.6) is 0 Å². The molecule has 0 spiro atoms. The summed E-state index contributed by atoms with van der Waals surface area (Å²) in [6.07, 6.45) is 1.09. The summed E-state index contributed by atoms with van der Waals surface area (Å²) in [7, 11) is 0. The zero-order chi connectivity index (χ0) is 12.9. The molecule has 3 nitrogen and oxygen atoms in total. The zero-order valence-electron chi connectivity index (χ0n) is 10.2. The summed E-state index contributed by atoms with van der Waals surface area (Å²) in [6, 6.07) is 9.37. The van der Waals surface area contributed by atoms with Crippen LogP contribution in [0.3, 0.4) is 0 Å². The Morgan fingerprint density at radius 3 is 2.53 bits per heavy atom. The van der Waals surface area contributed by atoms with Crippen molar-refractivity contribution < 1.29 is 14.6 Å². The molecule has 1 rings (SSSR count). The Kier molecular flexibility index (Phi) is 4.46. The lowest BCUT2D eigenvalue weighted by Gasteiger charge is -2.23. The lowest BCUT2D eigenvalue weighted by molar-refractivity contribution is -0.159. The fraction of sp³-hybridized carbons (Fsp3) is 0.357. The molecule has 0 heterocycles. The number of aliphatic hydroxyl groups excluding tert-OH is 1. The maximum absolute atomic E-state index is 11.8. The molecule has 0 aromatic heterocycles. The van der Waals surface area contributed by atoms with Crippen LogP contribution in [-0.4, -0.2) is 17.7 Å². The molecule has 0 radical (unpaired) electrons. The molecule has 92 valence electrons. The van der Waals surface area contributed by atoms with Gasteiger partial charge >= 0.3 is 5.97 Å². The third kappa shape index (κ3) is 3.43. The number of hydrogen-bond acceptors (Lipinski definition) is 3. The van der Waals surface area contributed by atoms with E-state index in [9.17, 15) is 4.79 Å². The first-order chi connectivity index (χ1) is 8.01. The maximum Gasteiger partial charge on any atom is 0.314 e. The van der Waals surface area contributed by atoms with Gasteiger partial charge in [-0.15, -0.1) is 0 Å². The molecule has 0 saturated heterocycles. The Morgan fingerprint density at radius 2 is 2.06 bits per heavy atom. The Morgan fingerprint density at radius 1 is 1.47 bits per heavy atom. The summed E-state index contributed by atoms with van der Waals surface area (Å²) < 4.78 is 5.32. The van der Waals surface area contributed by atoms with E-state index in [1.54, 1.807) is 19.9 Å². The number of benzene rings is 1. The van der Waals surface area contributed by atoms with Gasteiger partial charge in [0, 0.05) is 0 Å². The van der Waals surface area contributed by atoms with Crippen LogP contribution in [-0.2, 0) is 9.53 Å². The van der Waals surface area contributed by atoms with Gasteiger partial charge in [-0.3, -0.25) is 4.79 Å². The first-order valence-corrected chi connectivity index (χ1v) is 5.50. The van der Waals surface area contributed by atoms with Crippen molar-refractivity contribution in [3.05, 3.63) is 48.6 Å². The lowest BCUT2D eigenvalue weighted by Crippen LogP contribution is -2.31. The summed E-state index contributed by atoms with van der Waals surface area (Å²) in [6.45, 7) is 6.69. The first-order valence-electron chi connectivity index (χ1n) is 5.50. The second-order valence-corrected chi connectivity index (χ2v) is 4.51. The van der Waals surface area contributed by atoms with Crippen molar-refractivity contribution in [3.63, 3.8) is 0 Å². The molecule has 1 N–H and O–H groups in total. The largest absolute Gasteiger partial charge is 0.453 e. The predicted molar refractivity (Wildman–Crippen MR) is 66.3 cm³/mol. The van der Waals surface area contributed by atoms with Crippen molar-refractivity contribution in [2.24, 2.45) is 5.41 Å². The predicted octanol–water partition coefficient (Wildman–Crippen LogP) is 2.48. The molecule has 3 heteroatoms. The van der Waals surface area contributed by atoms with Crippen molar-refractivity contribution in [1.29, 1.82) is 0 Å². The molecule has 1 unspecified atom stereocenters. The monoisotopic (exact) mass is 234 g/mol. The molecule has 0 bridgehead atoms. The van der Waals surface area contributed by atoms with Crippen LogP contribution >= 0.6 is 0 Å². The van der Waals surface area contributed by atoms with Crippen molar-refractivity contribution in [3.8, 4) is 0 Å². The minimum Gasteiger partial charge on any atom is -0.453 e. The Bertz CT molecular complexity index is 382. The smallest absolute Gasteiger partial charge is 0.314 e. The average molecular weight is 234 g/mol. The fourth-order valence-corrected chi connectivity index (χ4v) is 1.23. The van der Waals surface area contributed by atoms with E-state index >= 15 is 0 Å². The van der Waals surface area contributed by atoms with Crippen molar-refractivity contribution in [2.45, 2.75) is 20.0 Å². The third-order valence-corrected chi connectivity index (χ3v) is 2.52. The molecule has 1 aromatic carbocycles. The lowest BCUT2D eigenvalue weighted by atomic mass is 9.95. The topological polar surface area (TPSA) is 46.5 Å². The summed E-state index contributed by atoms with van der Waals surface area (Å²) in [5, 5.41) is 9.09.